The summed E-state index contributed by atoms with van der Waals surface area (Å²) in [5, 5.41) is 1.08. The van der Waals surface area contributed by atoms with Gasteiger partial charge in [-0.05, 0) is 97.6 Å². The van der Waals surface area contributed by atoms with Gasteiger partial charge < -0.3 is 9.32 Å². The minimum atomic E-state index is -0.525. The Kier molecular flexibility index (Phi) is 7.70. The van der Waals surface area contributed by atoms with Gasteiger partial charge in [0.25, 0.3) is 0 Å². The molecule has 0 atom stereocenters. The monoisotopic (exact) mass is 765 g/mol. The standard InChI is InChI=1S/C58H39NO/c1-5-18-41(19-6-1)57(42-20-7-2-8-21-42)50-28-15-13-26-47(50)49-38-45(34-35-52(49)57)59(46-33-32-40-36-37-60-55(40)39-46)54-31-17-30-53-56(54)48-27-14-16-29-51(48)58(53,43-22-9-3-10-23-43)44-24-11-4-12-25-44/h1-39H. The van der Waals surface area contributed by atoms with E-state index in [0.717, 1.165) is 28.0 Å². The summed E-state index contributed by atoms with van der Waals surface area (Å²) in [7, 11) is 0. The van der Waals surface area contributed by atoms with Crippen molar-refractivity contribution in [3.63, 3.8) is 0 Å². The van der Waals surface area contributed by atoms with E-state index in [1.165, 1.54) is 66.8 Å². The van der Waals surface area contributed by atoms with Gasteiger partial charge in [0.2, 0.25) is 0 Å². The van der Waals surface area contributed by atoms with Crippen LogP contribution in [0.25, 0.3) is 33.2 Å². The van der Waals surface area contributed by atoms with Gasteiger partial charge in [-0.25, -0.2) is 0 Å². The molecule has 0 saturated carbocycles. The Morgan fingerprint density at radius 3 is 1.42 bits per heavy atom. The first-order chi connectivity index (χ1) is 29.8. The fourth-order valence-electron chi connectivity index (χ4n) is 10.7. The Morgan fingerprint density at radius 2 is 0.800 bits per heavy atom. The number of hydrogen-bond acceptors (Lipinski definition) is 2. The molecule has 60 heavy (non-hydrogen) atoms. The summed E-state index contributed by atoms with van der Waals surface area (Å²) in [5.41, 5.74) is 18.1. The zero-order valence-electron chi connectivity index (χ0n) is 32.9. The molecular formula is C58H39NO. The van der Waals surface area contributed by atoms with Gasteiger partial charge in [-0.1, -0.05) is 188 Å². The molecule has 0 radical (unpaired) electrons. The molecule has 10 aromatic rings. The molecule has 282 valence electrons. The van der Waals surface area contributed by atoms with Gasteiger partial charge in [0.15, 0.2) is 0 Å². The molecule has 0 bridgehead atoms. The molecule has 0 saturated heterocycles. The molecular weight excluding hydrogens is 727 g/mol. The second-order valence-electron chi connectivity index (χ2n) is 16.0. The van der Waals surface area contributed by atoms with E-state index in [1.807, 2.05) is 6.07 Å². The van der Waals surface area contributed by atoms with Crippen LogP contribution in [0.4, 0.5) is 17.1 Å². The van der Waals surface area contributed by atoms with Crippen molar-refractivity contribution in [2.75, 3.05) is 4.90 Å². The highest BCUT2D eigenvalue weighted by Gasteiger charge is 2.48. The molecule has 0 unspecified atom stereocenters. The molecule has 2 heteroatoms. The molecule has 0 N–H and O–H groups in total. The summed E-state index contributed by atoms with van der Waals surface area (Å²) in [6.07, 6.45) is 1.78. The van der Waals surface area contributed by atoms with E-state index in [1.54, 1.807) is 6.26 Å². The Balaban J connectivity index is 1.16. The van der Waals surface area contributed by atoms with Crippen LogP contribution in [0.2, 0.25) is 0 Å². The van der Waals surface area contributed by atoms with E-state index in [4.69, 9.17) is 4.42 Å². The van der Waals surface area contributed by atoms with Gasteiger partial charge in [0.1, 0.15) is 5.58 Å². The number of furan rings is 1. The maximum absolute atomic E-state index is 6.10. The normalized spacial score (nSPS) is 13.9. The average Bonchev–Trinajstić information content (AvgIpc) is 4.01. The molecule has 2 nitrogen and oxygen atoms in total. The maximum Gasteiger partial charge on any atom is 0.135 e. The number of fused-ring (bicyclic) bond motifs is 7. The summed E-state index contributed by atoms with van der Waals surface area (Å²) in [5.74, 6) is 0. The number of anilines is 3. The van der Waals surface area contributed by atoms with Crippen molar-refractivity contribution in [2.24, 2.45) is 0 Å². The van der Waals surface area contributed by atoms with Crippen molar-refractivity contribution >= 4 is 28.0 Å². The van der Waals surface area contributed by atoms with Gasteiger partial charge >= 0.3 is 0 Å². The van der Waals surface area contributed by atoms with E-state index in [-0.39, 0.29) is 0 Å². The molecule has 9 aromatic carbocycles. The van der Waals surface area contributed by atoms with Crippen LogP contribution in [-0.4, -0.2) is 0 Å². The summed E-state index contributed by atoms with van der Waals surface area (Å²) >= 11 is 0. The van der Waals surface area contributed by atoms with E-state index >= 15 is 0 Å². The van der Waals surface area contributed by atoms with Crippen molar-refractivity contribution < 1.29 is 4.42 Å². The summed E-state index contributed by atoms with van der Waals surface area (Å²) < 4.78 is 6.10. The van der Waals surface area contributed by atoms with Crippen molar-refractivity contribution in [3.05, 3.63) is 281 Å². The second-order valence-corrected chi connectivity index (χ2v) is 16.0. The minimum Gasteiger partial charge on any atom is -0.464 e. The van der Waals surface area contributed by atoms with Gasteiger partial charge in [0.05, 0.1) is 22.8 Å². The third kappa shape index (κ3) is 4.76. The lowest BCUT2D eigenvalue weighted by Gasteiger charge is -2.35. The van der Waals surface area contributed by atoms with Crippen molar-refractivity contribution in [1.29, 1.82) is 0 Å². The highest BCUT2D eigenvalue weighted by molar-refractivity contribution is 5.99. The van der Waals surface area contributed by atoms with E-state index < -0.39 is 10.8 Å². The van der Waals surface area contributed by atoms with E-state index in [9.17, 15) is 0 Å². The highest BCUT2D eigenvalue weighted by atomic mass is 16.3. The van der Waals surface area contributed by atoms with Crippen LogP contribution >= 0.6 is 0 Å². The third-order valence-electron chi connectivity index (χ3n) is 13.1. The fraction of sp³-hybridized carbons (Fsp3) is 0.0345. The van der Waals surface area contributed by atoms with Gasteiger partial charge in [-0.15, -0.1) is 0 Å². The third-order valence-corrected chi connectivity index (χ3v) is 13.1. The van der Waals surface area contributed by atoms with Crippen molar-refractivity contribution in [1.82, 2.24) is 0 Å². The molecule has 1 aromatic heterocycles. The largest absolute Gasteiger partial charge is 0.464 e. The van der Waals surface area contributed by atoms with Crippen LogP contribution in [-0.2, 0) is 10.8 Å². The first kappa shape index (κ1) is 34.4. The lowest BCUT2D eigenvalue weighted by Crippen LogP contribution is -2.28. The predicted octanol–water partition coefficient (Wildman–Crippen LogP) is 14.6. The van der Waals surface area contributed by atoms with Crippen LogP contribution in [0.1, 0.15) is 44.5 Å². The zero-order chi connectivity index (χ0) is 39.7. The number of rotatable bonds is 7. The van der Waals surface area contributed by atoms with Gasteiger partial charge in [-0.2, -0.15) is 0 Å². The van der Waals surface area contributed by atoms with Gasteiger partial charge in [-0.3, -0.25) is 0 Å². The minimum absolute atomic E-state index is 0.483. The predicted molar refractivity (Wildman–Crippen MR) is 246 cm³/mol. The average molecular weight is 766 g/mol. The fourth-order valence-corrected chi connectivity index (χ4v) is 10.7. The zero-order valence-corrected chi connectivity index (χ0v) is 32.9. The van der Waals surface area contributed by atoms with Crippen LogP contribution in [0.5, 0.6) is 0 Å². The maximum atomic E-state index is 6.10. The van der Waals surface area contributed by atoms with Crippen molar-refractivity contribution in [3.8, 4) is 22.3 Å². The first-order valence-corrected chi connectivity index (χ1v) is 20.8. The summed E-state index contributed by atoms with van der Waals surface area (Å²) in [6.45, 7) is 0. The quantitative estimate of drug-likeness (QED) is 0.161. The number of benzene rings is 9. The molecule has 12 rings (SSSR count). The summed E-state index contributed by atoms with van der Waals surface area (Å²) in [4.78, 5) is 2.46. The highest BCUT2D eigenvalue weighted by Crippen LogP contribution is 2.61. The van der Waals surface area contributed by atoms with E-state index in [0.29, 0.717) is 0 Å². The molecule has 1 heterocycles. The Morgan fingerprint density at radius 1 is 0.333 bits per heavy atom. The summed E-state index contributed by atoms with van der Waals surface area (Å²) in [6, 6.07) is 84.8. The first-order valence-electron chi connectivity index (χ1n) is 20.8. The second kappa shape index (κ2) is 13.4. The SMILES string of the molecule is c1ccc(C2(c3ccccc3)c3ccccc3-c3cc(N(c4ccc5ccoc5c4)c4cccc5c4-c4ccccc4C5(c4ccccc4)c4ccccc4)ccc32)cc1. The van der Waals surface area contributed by atoms with Crippen LogP contribution in [0.15, 0.2) is 241 Å². The Hall–Kier alpha value is -7.68. The van der Waals surface area contributed by atoms with Crippen LogP contribution in [0, 0.1) is 0 Å². The smallest absolute Gasteiger partial charge is 0.135 e. The lowest BCUT2D eigenvalue weighted by atomic mass is 9.67. The number of hydrogen-bond donors (Lipinski definition) is 0. The molecule has 2 aliphatic carbocycles. The van der Waals surface area contributed by atoms with Crippen LogP contribution < -0.4 is 4.90 Å². The molecule has 2 aliphatic rings. The molecule has 0 fully saturated rings. The Bertz CT molecular complexity index is 3120. The molecule has 0 amide bonds. The van der Waals surface area contributed by atoms with E-state index in [2.05, 4.69) is 229 Å². The topological polar surface area (TPSA) is 16.4 Å². The molecule has 0 aliphatic heterocycles. The van der Waals surface area contributed by atoms with Crippen molar-refractivity contribution in [2.45, 2.75) is 10.8 Å². The lowest BCUT2D eigenvalue weighted by molar-refractivity contribution is 0.616. The number of nitrogens with zero attached hydrogens (tertiary/aromatic N) is 1. The Labute approximate surface area is 350 Å². The van der Waals surface area contributed by atoms with Crippen LogP contribution in [0.3, 0.4) is 0 Å². The van der Waals surface area contributed by atoms with Gasteiger partial charge in [0, 0.05) is 28.4 Å². The molecule has 0 spiro atoms.